The molecule has 0 unspecified atom stereocenters. The number of amides is 1. The molecule has 1 amide bonds. The van der Waals surface area contributed by atoms with Gasteiger partial charge in [0.1, 0.15) is 10.6 Å². The van der Waals surface area contributed by atoms with Crippen LogP contribution < -0.4 is 10.6 Å². The van der Waals surface area contributed by atoms with Gasteiger partial charge in [-0.1, -0.05) is 48.4 Å². The second-order valence-corrected chi connectivity index (χ2v) is 10.5. The number of carbonyl (C=O) groups excluding carboxylic acids is 2. The maximum atomic E-state index is 13.2. The normalized spacial score (nSPS) is 11.5. The van der Waals surface area contributed by atoms with E-state index in [4.69, 9.17) is 26.8 Å². The molecule has 0 bridgehead atoms. The van der Waals surface area contributed by atoms with Crippen molar-refractivity contribution >= 4 is 62.5 Å². The number of nitrogens with two attached hydrogens (primary N) is 1. The summed E-state index contributed by atoms with van der Waals surface area (Å²) in [4.78, 5) is 27.1. The summed E-state index contributed by atoms with van der Waals surface area (Å²) in [7, 11) is 0. The molecule has 2 heterocycles. The van der Waals surface area contributed by atoms with Crippen molar-refractivity contribution in [3.8, 4) is 10.6 Å². The number of nitrogens with zero attached hydrogens (tertiary/aromatic N) is 5. The summed E-state index contributed by atoms with van der Waals surface area (Å²) in [6.07, 6.45) is 1.73. The Morgan fingerprint density at radius 3 is 2.68 bits per heavy atom. The molecule has 4 rings (SSSR count). The second kappa shape index (κ2) is 10.7. The van der Waals surface area contributed by atoms with Crippen LogP contribution in [-0.2, 0) is 9.47 Å². The number of carbonyl (C=O) groups is 2. The number of rotatable bonds is 6. The van der Waals surface area contributed by atoms with Crippen molar-refractivity contribution in [2.75, 3.05) is 17.2 Å². The first-order chi connectivity index (χ1) is 17.6. The van der Waals surface area contributed by atoms with Crippen LogP contribution in [0.1, 0.15) is 40.5 Å². The quantitative estimate of drug-likeness (QED) is 0.212. The standard InChI is InChI=1S/C25H27ClN6O4S/c1-5-6-12-35-23(33)31(22-30-29-21(37-22)15-8-7-9-16(27)13-15)19-11-10-18-17(20(19)26)14-28-32(18)24(34)36-25(2,3)4/h7-11,13-14H,5-6,12,27H2,1-4H3. The molecule has 2 N–H and O–H groups in total. The van der Waals surface area contributed by atoms with E-state index < -0.39 is 17.8 Å². The Morgan fingerprint density at radius 2 is 1.97 bits per heavy atom. The first-order valence-corrected chi connectivity index (χ1v) is 12.8. The van der Waals surface area contributed by atoms with Gasteiger partial charge in [-0.3, -0.25) is 0 Å². The average molecular weight is 543 g/mol. The molecule has 10 nitrogen and oxygen atoms in total. The van der Waals surface area contributed by atoms with E-state index in [2.05, 4.69) is 15.3 Å². The van der Waals surface area contributed by atoms with Crippen LogP contribution in [-0.4, -0.2) is 44.4 Å². The van der Waals surface area contributed by atoms with Gasteiger partial charge in [-0.2, -0.15) is 9.78 Å². The zero-order valence-corrected chi connectivity index (χ0v) is 22.5. The van der Waals surface area contributed by atoms with Crippen molar-refractivity contribution in [1.82, 2.24) is 20.0 Å². The van der Waals surface area contributed by atoms with Gasteiger partial charge in [0.15, 0.2) is 0 Å². The van der Waals surface area contributed by atoms with Crippen molar-refractivity contribution in [3.63, 3.8) is 0 Å². The lowest BCUT2D eigenvalue weighted by Crippen LogP contribution is -2.28. The third kappa shape index (κ3) is 5.83. The van der Waals surface area contributed by atoms with Gasteiger partial charge in [0.2, 0.25) is 5.13 Å². The Morgan fingerprint density at radius 1 is 1.19 bits per heavy atom. The van der Waals surface area contributed by atoms with E-state index in [1.807, 2.05) is 19.1 Å². The summed E-state index contributed by atoms with van der Waals surface area (Å²) in [5.41, 5.74) is 7.31. The number of anilines is 3. The van der Waals surface area contributed by atoms with Crippen LogP contribution in [0.25, 0.3) is 21.5 Å². The number of hydrogen-bond acceptors (Lipinski definition) is 9. The summed E-state index contributed by atoms with van der Waals surface area (Å²) in [5, 5.41) is 14.1. The highest BCUT2D eigenvalue weighted by atomic mass is 35.5. The summed E-state index contributed by atoms with van der Waals surface area (Å²) in [6, 6.07) is 10.5. The minimum absolute atomic E-state index is 0.195. The van der Waals surface area contributed by atoms with E-state index in [0.717, 1.165) is 16.7 Å². The lowest BCUT2D eigenvalue weighted by atomic mass is 10.2. The molecule has 2 aromatic heterocycles. The van der Waals surface area contributed by atoms with Crippen LogP contribution >= 0.6 is 22.9 Å². The van der Waals surface area contributed by atoms with E-state index >= 15 is 0 Å². The zero-order chi connectivity index (χ0) is 26.7. The largest absolute Gasteiger partial charge is 0.449 e. The Balaban J connectivity index is 1.76. The van der Waals surface area contributed by atoms with Gasteiger partial charge < -0.3 is 15.2 Å². The average Bonchev–Trinajstić information content (AvgIpc) is 3.48. The molecule has 0 aliphatic heterocycles. The molecule has 0 radical (unpaired) electrons. The fourth-order valence-corrected chi connectivity index (χ4v) is 4.56. The second-order valence-electron chi connectivity index (χ2n) is 9.19. The van der Waals surface area contributed by atoms with Gasteiger partial charge in [0.25, 0.3) is 0 Å². The molecule has 2 aromatic carbocycles. The topological polar surface area (TPSA) is 125 Å². The Bertz CT molecular complexity index is 1440. The number of benzene rings is 2. The third-order valence-corrected chi connectivity index (χ3v) is 6.47. The molecular weight excluding hydrogens is 516 g/mol. The fraction of sp³-hybridized carbons (Fsp3) is 0.320. The number of ether oxygens (including phenoxy) is 2. The van der Waals surface area contributed by atoms with Crippen LogP contribution in [0.3, 0.4) is 0 Å². The minimum atomic E-state index is -0.697. The third-order valence-electron chi connectivity index (χ3n) is 5.12. The van der Waals surface area contributed by atoms with Crippen LogP contribution in [0.5, 0.6) is 0 Å². The van der Waals surface area contributed by atoms with Crippen molar-refractivity contribution in [2.45, 2.75) is 46.1 Å². The first kappa shape index (κ1) is 26.4. The van der Waals surface area contributed by atoms with Crippen molar-refractivity contribution in [3.05, 3.63) is 47.6 Å². The Labute approximate surface area is 222 Å². The van der Waals surface area contributed by atoms with Gasteiger partial charge in [0, 0.05) is 16.6 Å². The first-order valence-electron chi connectivity index (χ1n) is 11.6. The Hall–Kier alpha value is -3.70. The number of nitrogen functional groups attached to an aromatic ring is 1. The fourth-order valence-electron chi connectivity index (χ4n) is 3.42. The highest BCUT2D eigenvalue weighted by Gasteiger charge is 2.28. The van der Waals surface area contributed by atoms with E-state index in [1.165, 1.54) is 22.4 Å². The molecule has 0 atom stereocenters. The van der Waals surface area contributed by atoms with E-state index in [9.17, 15) is 9.59 Å². The van der Waals surface area contributed by atoms with Crippen LogP contribution in [0.2, 0.25) is 5.02 Å². The highest BCUT2D eigenvalue weighted by molar-refractivity contribution is 7.18. The number of aromatic nitrogens is 4. The summed E-state index contributed by atoms with van der Waals surface area (Å²) in [5.74, 6) is 0. The molecule has 4 aromatic rings. The van der Waals surface area contributed by atoms with Gasteiger partial charge in [0.05, 0.1) is 29.0 Å². The lowest BCUT2D eigenvalue weighted by Gasteiger charge is -2.21. The van der Waals surface area contributed by atoms with Gasteiger partial charge >= 0.3 is 12.2 Å². The molecule has 0 spiro atoms. The summed E-state index contributed by atoms with van der Waals surface area (Å²) in [6.45, 7) is 7.54. The van der Waals surface area contributed by atoms with Gasteiger partial charge in [-0.15, -0.1) is 10.2 Å². The van der Waals surface area contributed by atoms with E-state index in [-0.39, 0.29) is 16.8 Å². The minimum Gasteiger partial charge on any atom is -0.449 e. The molecule has 0 aliphatic carbocycles. The molecule has 194 valence electrons. The highest BCUT2D eigenvalue weighted by Crippen LogP contribution is 2.40. The van der Waals surface area contributed by atoms with Crippen molar-refractivity contribution in [2.24, 2.45) is 0 Å². The van der Waals surface area contributed by atoms with Crippen LogP contribution in [0, 0.1) is 0 Å². The van der Waals surface area contributed by atoms with E-state index in [0.29, 0.717) is 33.7 Å². The molecule has 12 heteroatoms. The zero-order valence-electron chi connectivity index (χ0n) is 20.9. The van der Waals surface area contributed by atoms with Crippen molar-refractivity contribution in [1.29, 1.82) is 0 Å². The Kier molecular flexibility index (Phi) is 7.65. The monoisotopic (exact) mass is 542 g/mol. The lowest BCUT2D eigenvalue weighted by molar-refractivity contribution is 0.0522. The number of unbranched alkanes of at least 4 members (excludes halogenated alkanes) is 1. The molecule has 0 fully saturated rings. The molecule has 0 saturated carbocycles. The number of hydrogen-bond donors (Lipinski definition) is 1. The SMILES string of the molecule is CCCCOC(=O)N(c1nnc(-c2cccc(N)c2)s1)c1ccc2c(cnn2C(=O)OC(C)(C)C)c1Cl. The van der Waals surface area contributed by atoms with E-state index in [1.54, 1.807) is 45.0 Å². The predicted octanol–water partition coefficient (Wildman–Crippen LogP) is 6.65. The predicted molar refractivity (Wildman–Crippen MR) is 145 cm³/mol. The number of fused-ring (bicyclic) bond motifs is 1. The van der Waals surface area contributed by atoms with Crippen LogP contribution in [0.15, 0.2) is 42.6 Å². The summed E-state index contributed by atoms with van der Waals surface area (Å²) >= 11 is 7.96. The molecule has 0 saturated heterocycles. The van der Waals surface area contributed by atoms with Gasteiger partial charge in [-0.05, 0) is 51.5 Å². The summed E-state index contributed by atoms with van der Waals surface area (Å²) < 4.78 is 12.1. The maximum absolute atomic E-state index is 13.2. The molecule has 0 aliphatic rings. The molecule has 37 heavy (non-hydrogen) atoms. The number of halogens is 1. The molecular formula is C25H27ClN6O4S. The van der Waals surface area contributed by atoms with Crippen molar-refractivity contribution < 1.29 is 19.1 Å². The van der Waals surface area contributed by atoms with Gasteiger partial charge in [-0.25, -0.2) is 14.5 Å². The smallest absolute Gasteiger partial charge is 0.435 e. The maximum Gasteiger partial charge on any atom is 0.435 e. The van der Waals surface area contributed by atoms with Crippen LogP contribution in [0.4, 0.5) is 26.1 Å².